The van der Waals surface area contributed by atoms with Crippen molar-refractivity contribution in [2.75, 3.05) is 6.79 Å². The molecular weight excluding hydrogens is 502 g/mol. The van der Waals surface area contributed by atoms with E-state index in [4.69, 9.17) is 18.9 Å². The summed E-state index contributed by atoms with van der Waals surface area (Å²) in [6, 6.07) is 3.14. The maximum absolute atomic E-state index is 12.8. The Morgan fingerprint density at radius 1 is 1.00 bits per heavy atom. The molecule has 2 heterocycles. The van der Waals surface area contributed by atoms with Crippen LogP contribution in [-0.2, 0) is 19.0 Å². The van der Waals surface area contributed by atoms with Gasteiger partial charge < -0.3 is 54.9 Å². The standard InChI is InChI=1S/C25H35NO11.CH4/c1-10(23(33)26-14-15(28)17(30)21-20(16(14)29)34-9-35-21)7-11-5-6-13(12(27)8-11)36-24-19(32)18(31)22(37-24)25(2,3)4;/h5-8,14-22,24,27-32H,9H2,1-4H3,(H,26,33);1H4/b10-7+;/t14-,15+,16-,17-,18+,19+,20+,21-,22?,24-;/m1./s1. The number of carbonyl (C=O) groups is 1. The maximum atomic E-state index is 12.8. The highest BCUT2D eigenvalue weighted by Crippen LogP contribution is 2.37. The van der Waals surface area contributed by atoms with E-state index in [-0.39, 0.29) is 31.3 Å². The fraction of sp³-hybridized carbons (Fsp3) is 0.654. The minimum atomic E-state index is -1.47. The van der Waals surface area contributed by atoms with Crippen molar-refractivity contribution in [3.05, 3.63) is 29.3 Å². The molecule has 1 aromatic rings. The van der Waals surface area contributed by atoms with Gasteiger partial charge in [0.15, 0.2) is 11.5 Å². The third kappa shape index (κ3) is 5.82. The minimum absolute atomic E-state index is 0. The van der Waals surface area contributed by atoms with Crippen LogP contribution in [0.1, 0.15) is 40.7 Å². The zero-order valence-corrected chi connectivity index (χ0v) is 21.0. The summed E-state index contributed by atoms with van der Waals surface area (Å²) in [4.78, 5) is 12.8. The van der Waals surface area contributed by atoms with Crippen LogP contribution in [0.4, 0.5) is 0 Å². The summed E-state index contributed by atoms with van der Waals surface area (Å²) in [5, 5.41) is 64.8. The number of aliphatic hydroxyl groups excluding tert-OH is 5. The number of ether oxygens (including phenoxy) is 4. The molecule has 10 atom stereocenters. The van der Waals surface area contributed by atoms with Gasteiger partial charge in [0.1, 0.15) is 49.5 Å². The van der Waals surface area contributed by atoms with Crippen LogP contribution in [0.5, 0.6) is 11.5 Å². The summed E-state index contributed by atoms with van der Waals surface area (Å²) in [6.07, 6.45) is -8.75. The van der Waals surface area contributed by atoms with E-state index < -0.39 is 72.5 Å². The number of phenolic OH excluding ortho intramolecular Hbond substituents is 1. The number of amides is 1. The number of aromatic hydroxyl groups is 1. The van der Waals surface area contributed by atoms with Gasteiger partial charge in [-0.3, -0.25) is 4.79 Å². The van der Waals surface area contributed by atoms with E-state index >= 15 is 0 Å². The molecule has 1 aromatic carbocycles. The lowest BCUT2D eigenvalue weighted by molar-refractivity contribution is -0.155. The molecule has 12 heteroatoms. The Balaban J connectivity index is 0.00000400. The average molecular weight is 542 g/mol. The molecule has 0 bridgehead atoms. The van der Waals surface area contributed by atoms with Crippen molar-refractivity contribution in [2.24, 2.45) is 5.41 Å². The lowest BCUT2D eigenvalue weighted by Gasteiger charge is -2.41. The second-order valence-electron chi connectivity index (χ2n) is 10.8. The van der Waals surface area contributed by atoms with Gasteiger partial charge in [-0.1, -0.05) is 34.3 Å². The van der Waals surface area contributed by atoms with Crippen LogP contribution in [0.2, 0.25) is 0 Å². The zero-order chi connectivity index (χ0) is 27.2. The first-order valence-corrected chi connectivity index (χ1v) is 12.1. The van der Waals surface area contributed by atoms with Gasteiger partial charge in [0.05, 0.1) is 12.1 Å². The lowest BCUT2D eigenvalue weighted by Crippen LogP contribution is -2.67. The minimum Gasteiger partial charge on any atom is -0.504 e. The highest BCUT2D eigenvalue weighted by atomic mass is 16.7. The number of carbonyl (C=O) groups excluding carboxylic acids is 1. The third-order valence-electron chi connectivity index (χ3n) is 6.94. The first-order valence-electron chi connectivity index (χ1n) is 12.1. The Hall–Kier alpha value is -2.29. The molecule has 7 N–H and O–H groups in total. The quantitative estimate of drug-likeness (QED) is 0.241. The molecule has 3 aliphatic rings. The van der Waals surface area contributed by atoms with Crippen LogP contribution in [-0.4, -0.2) is 105 Å². The van der Waals surface area contributed by atoms with Crippen LogP contribution in [0.25, 0.3) is 6.08 Å². The molecule has 1 saturated carbocycles. The topological polar surface area (TPSA) is 187 Å². The molecule has 0 aromatic heterocycles. The van der Waals surface area contributed by atoms with Gasteiger partial charge in [0.2, 0.25) is 12.2 Å². The molecule has 214 valence electrons. The monoisotopic (exact) mass is 541 g/mol. The number of phenols is 1. The Labute approximate surface area is 221 Å². The Kier molecular flexibility index (Phi) is 9.11. The van der Waals surface area contributed by atoms with Gasteiger partial charge in [-0.25, -0.2) is 0 Å². The number of hydrogen-bond donors (Lipinski definition) is 7. The fourth-order valence-electron chi connectivity index (χ4n) is 4.85. The Bertz CT molecular complexity index is 1020. The van der Waals surface area contributed by atoms with Crippen LogP contribution in [0.3, 0.4) is 0 Å². The molecule has 2 aliphatic heterocycles. The van der Waals surface area contributed by atoms with E-state index in [9.17, 15) is 35.4 Å². The van der Waals surface area contributed by atoms with Crippen molar-refractivity contribution >= 4 is 12.0 Å². The third-order valence-corrected chi connectivity index (χ3v) is 6.94. The predicted octanol–water partition coefficient (Wildman–Crippen LogP) is -0.374. The van der Waals surface area contributed by atoms with Gasteiger partial charge >= 0.3 is 0 Å². The molecule has 12 nitrogen and oxygen atoms in total. The smallest absolute Gasteiger partial charge is 0.247 e. The highest BCUT2D eigenvalue weighted by molar-refractivity contribution is 5.97. The molecule has 3 fully saturated rings. The van der Waals surface area contributed by atoms with Crippen LogP contribution >= 0.6 is 0 Å². The van der Waals surface area contributed by atoms with E-state index in [0.29, 0.717) is 5.56 Å². The van der Waals surface area contributed by atoms with Crippen LogP contribution in [0.15, 0.2) is 23.8 Å². The van der Waals surface area contributed by atoms with E-state index in [0.717, 1.165) is 0 Å². The van der Waals surface area contributed by atoms with Gasteiger partial charge in [-0.05, 0) is 36.1 Å². The van der Waals surface area contributed by atoms with Crippen molar-refractivity contribution in [1.29, 1.82) is 0 Å². The summed E-state index contributed by atoms with van der Waals surface area (Å²) >= 11 is 0. The molecule has 1 amide bonds. The summed E-state index contributed by atoms with van der Waals surface area (Å²) in [5.41, 5.74) is 0.183. The maximum Gasteiger partial charge on any atom is 0.247 e. The van der Waals surface area contributed by atoms with E-state index in [1.54, 1.807) is 6.07 Å². The summed E-state index contributed by atoms with van der Waals surface area (Å²) < 4.78 is 21.8. The highest BCUT2D eigenvalue weighted by Gasteiger charge is 2.53. The number of rotatable bonds is 5. The summed E-state index contributed by atoms with van der Waals surface area (Å²) in [7, 11) is 0. The molecule has 0 spiro atoms. The van der Waals surface area contributed by atoms with Crippen LogP contribution < -0.4 is 10.1 Å². The number of hydrogen-bond acceptors (Lipinski definition) is 11. The SMILES string of the molecule is C.C/C(=C\c1ccc(O[C@@H]2OC(C(C)(C)C)[C@@H](O)[C@@H]2O)c(O)c1)C(=O)N[C@@H]1[C@H](O)[C@@H](O)[C@H]2OCO[C@H]2[C@@H]1O. The van der Waals surface area contributed by atoms with Gasteiger partial charge in [-0.2, -0.15) is 0 Å². The predicted molar refractivity (Wildman–Crippen MR) is 134 cm³/mol. The van der Waals surface area contributed by atoms with E-state index in [2.05, 4.69) is 5.32 Å². The van der Waals surface area contributed by atoms with Gasteiger partial charge in [-0.15, -0.1) is 0 Å². The second kappa shape index (κ2) is 11.4. The first kappa shape index (κ1) is 30.3. The number of aliphatic hydroxyl groups is 5. The number of nitrogens with one attached hydrogen (secondary N) is 1. The van der Waals surface area contributed by atoms with Gasteiger partial charge in [0.25, 0.3) is 0 Å². The van der Waals surface area contributed by atoms with E-state index in [1.165, 1.54) is 25.1 Å². The van der Waals surface area contributed by atoms with Crippen molar-refractivity contribution in [3.8, 4) is 11.5 Å². The summed E-state index contributed by atoms with van der Waals surface area (Å²) in [5.74, 6) is -0.880. The van der Waals surface area contributed by atoms with Gasteiger partial charge in [0, 0.05) is 5.57 Å². The molecule has 4 rings (SSSR count). The fourth-order valence-corrected chi connectivity index (χ4v) is 4.85. The molecule has 1 unspecified atom stereocenters. The number of benzene rings is 1. The van der Waals surface area contributed by atoms with Crippen molar-refractivity contribution in [1.82, 2.24) is 5.32 Å². The normalized spacial score (nSPS) is 37.3. The molecule has 1 aliphatic carbocycles. The van der Waals surface area contributed by atoms with Crippen molar-refractivity contribution < 1.29 is 54.4 Å². The summed E-state index contributed by atoms with van der Waals surface area (Å²) in [6.45, 7) is 6.95. The molecule has 2 saturated heterocycles. The van der Waals surface area contributed by atoms with Crippen LogP contribution in [0, 0.1) is 5.41 Å². The molecule has 0 radical (unpaired) electrons. The lowest BCUT2D eigenvalue weighted by atomic mass is 9.83. The molecule has 38 heavy (non-hydrogen) atoms. The van der Waals surface area contributed by atoms with E-state index in [1.807, 2.05) is 20.8 Å². The number of fused-ring (bicyclic) bond motifs is 1. The zero-order valence-electron chi connectivity index (χ0n) is 21.0. The van der Waals surface area contributed by atoms with Crippen molar-refractivity contribution in [3.63, 3.8) is 0 Å². The first-order chi connectivity index (χ1) is 17.3. The Morgan fingerprint density at radius 3 is 2.21 bits per heavy atom. The largest absolute Gasteiger partial charge is 0.504 e. The average Bonchev–Trinajstić information content (AvgIpc) is 3.43. The van der Waals surface area contributed by atoms with Crippen molar-refractivity contribution in [2.45, 2.75) is 96.3 Å². The second-order valence-corrected chi connectivity index (χ2v) is 10.8. The molecular formula is C26H39NO11. The Morgan fingerprint density at radius 2 is 1.63 bits per heavy atom.